The SMILES string of the molecule is O=C(O)CN(CCc1ccccc1)C(=O)C1C2Cc3ccccc3C21. The fraction of sp³-hybridized carbons (Fsp3) is 0.333. The molecule has 2 aromatic carbocycles. The number of benzene rings is 2. The van der Waals surface area contributed by atoms with Crippen LogP contribution in [0.2, 0.25) is 0 Å². The first-order chi connectivity index (χ1) is 12.1. The first kappa shape index (κ1) is 15.9. The number of carbonyl (C=O) groups is 2. The van der Waals surface area contributed by atoms with Crippen LogP contribution in [0.15, 0.2) is 54.6 Å². The molecule has 0 heterocycles. The van der Waals surface area contributed by atoms with Crippen LogP contribution in [-0.4, -0.2) is 35.0 Å². The highest BCUT2D eigenvalue weighted by Gasteiger charge is 2.60. The summed E-state index contributed by atoms with van der Waals surface area (Å²) in [7, 11) is 0. The Balaban J connectivity index is 1.45. The number of fused-ring (bicyclic) bond motifs is 3. The molecule has 0 radical (unpaired) electrons. The minimum Gasteiger partial charge on any atom is -0.480 e. The van der Waals surface area contributed by atoms with Gasteiger partial charge in [-0.1, -0.05) is 54.6 Å². The maximum Gasteiger partial charge on any atom is 0.323 e. The molecule has 0 bridgehead atoms. The number of carboxylic acids is 1. The van der Waals surface area contributed by atoms with Crippen molar-refractivity contribution in [1.82, 2.24) is 4.90 Å². The van der Waals surface area contributed by atoms with Gasteiger partial charge in [-0.05, 0) is 41.4 Å². The van der Waals surface area contributed by atoms with Crippen LogP contribution in [0, 0.1) is 11.8 Å². The molecule has 1 fully saturated rings. The molecule has 3 atom stereocenters. The van der Waals surface area contributed by atoms with Crippen molar-refractivity contribution in [2.24, 2.45) is 11.8 Å². The van der Waals surface area contributed by atoms with Crippen LogP contribution in [0.5, 0.6) is 0 Å². The van der Waals surface area contributed by atoms with Gasteiger partial charge in [0, 0.05) is 12.5 Å². The second-order valence-corrected chi connectivity index (χ2v) is 7.01. The lowest BCUT2D eigenvalue weighted by atomic mass is 10.0. The highest BCUT2D eigenvalue weighted by Crippen LogP contribution is 2.61. The molecule has 4 rings (SSSR count). The molecular formula is C21H21NO3. The number of hydrogen-bond acceptors (Lipinski definition) is 2. The molecular weight excluding hydrogens is 314 g/mol. The molecule has 0 spiro atoms. The van der Waals surface area contributed by atoms with E-state index >= 15 is 0 Å². The smallest absolute Gasteiger partial charge is 0.323 e. The molecule has 0 aromatic heterocycles. The lowest BCUT2D eigenvalue weighted by Crippen LogP contribution is -2.39. The Morgan fingerprint density at radius 1 is 1.04 bits per heavy atom. The summed E-state index contributed by atoms with van der Waals surface area (Å²) in [6, 6.07) is 18.2. The van der Waals surface area contributed by atoms with E-state index in [9.17, 15) is 14.7 Å². The summed E-state index contributed by atoms with van der Waals surface area (Å²) in [5.41, 5.74) is 3.74. The molecule has 2 aliphatic carbocycles. The Morgan fingerprint density at radius 3 is 2.52 bits per heavy atom. The van der Waals surface area contributed by atoms with Crippen molar-refractivity contribution in [3.05, 3.63) is 71.3 Å². The van der Waals surface area contributed by atoms with E-state index in [2.05, 4.69) is 12.1 Å². The molecule has 1 N–H and O–H groups in total. The van der Waals surface area contributed by atoms with Crippen molar-refractivity contribution >= 4 is 11.9 Å². The van der Waals surface area contributed by atoms with E-state index in [0.717, 1.165) is 12.0 Å². The van der Waals surface area contributed by atoms with E-state index in [1.165, 1.54) is 16.0 Å². The van der Waals surface area contributed by atoms with E-state index in [-0.39, 0.29) is 24.3 Å². The van der Waals surface area contributed by atoms with Gasteiger partial charge in [-0.15, -0.1) is 0 Å². The Kier molecular flexibility index (Phi) is 4.04. The minimum absolute atomic E-state index is 0.00262. The highest BCUT2D eigenvalue weighted by molar-refractivity contribution is 5.87. The third-order valence-electron chi connectivity index (χ3n) is 5.47. The summed E-state index contributed by atoms with van der Waals surface area (Å²) in [5, 5.41) is 9.20. The molecule has 4 heteroatoms. The maximum atomic E-state index is 12.9. The summed E-state index contributed by atoms with van der Waals surface area (Å²) in [4.78, 5) is 25.7. The quantitative estimate of drug-likeness (QED) is 0.883. The van der Waals surface area contributed by atoms with Gasteiger partial charge in [0.05, 0.1) is 0 Å². The van der Waals surface area contributed by atoms with Crippen LogP contribution in [0.1, 0.15) is 22.6 Å². The average molecular weight is 335 g/mol. The van der Waals surface area contributed by atoms with Crippen LogP contribution in [-0.2, 0) is 22.4 Å². The molecule has 0 saturated heterocycles. The molecule has 1 saturated carbocycles. The lowest BCUT2D eigenvalue weighted by molar-refractivity contribution is -0.145. The standard InChI is InChI=1S/C21H21NO3/c23-18(24)13-22(11-10-14-6-2-1-3-7-14)21(25)20-17-12-15-8-4-5-9-16(15)19(17)20/h1-9,17,19-20H,10-13H2,(H,23,24). The van der Waals surface area contributed by atoms with Gasteiger partial charge in [0.25, 0.3) is 0 Å². The van der Waals surface area contributed by atoms with Crippen LogP contribution >= 0.6 is 0 Å². The van der Waals surface area contributed by atoms with Gasteiger partial charge in [-0.3, -0.25) is 9.59 Å². The summed E-state index contributed by atoms with van der Waals surface area (Å²) in [6.07, 6.45) is 1.62. The van der Waals surface area contributed by atoms with Crippen LogP contribution in [0.3, 0.4) is 0 Å². The third-order valence-corrected chi connectivity index (χ3v) is 5.47. The number of carboxylic acid groups (broad SMARTS) is 1. The summed E-state index contributed by atoms with van der Waals surface area (Å²) < 4.78 is 0. The predicted molar refractivity (Wildman–Crippen MR) is 94.2 cm³/mol. The summed E-state index contributed by atoms with van der Waals surface area (Å²) >= 11 is 0. The Bertz CT molecular complexity index is 802. The molecule has 2 aliphatic rings. The second-order valence-electron chi connectivity index (χ2n) is 7.01. The Labute approximate surface area is 147 Å². The number of carbonyl (C=O) groups excluding carboxylic acids is 1. The molecule has 3 unspecified atom stereocenters. The normalized spacial score (nSPS) is 22.8. The van der Waals surface area contributed by atoms with Crippen molar-refractivity contribution in [2.45, 2.75) is 18.8 Å². The molecule has 4 nitrogen and oxygen atoms in total. The number of aliphatic carboxylic acids is 1. The molecule has 128 valence electrons. The van der Waals surface area contributed by atoms with Gasteiger partial charge in [0.1, 0.15) is 6.54 Å². The van der Waals surface area contributed by atoms with Crippen molar-refractivity contribution in [3.8, 4) is 0 Å². The van der Waals surface area contributed by atoms with Crippen LogP contribution in [0.4, 0.5) is 0 Å². The average Bonchev–Trinajstić information content (AvgIpc) is 3.20. The number of rotatable bonds is 6. The van der Waals surface area contributed by atoms with Crippen LogP contribution < -0.4 is 0 Å². The minimum atomic E-state index is -0.951. The zero-order valence-corrected chi connectivity index (χ0v) is 14.0. The zero-order valence-electron chi connectivity index (χ0n) is 14.0. The largest absolute Gasteiger partial charge is 0.480 e. The van der Waals surface area contributed by atoms with Gasteiger partial charge in [-0.2, -0.15) is 0 Å². The van der Waals surface area contributed by atoms with E-state index in [1.807, 2.05) is 42.5 Å². The molecule has 0 aliphatic heterocycles. The van der Waals surface area contributed by atoms with E-state index in [0.29, 0.717) is 18.9 Å². The van der Waals surface area contributed by atoms with Gasteiger partial charge in [0.15, 0.2) is 0 Å². The van der Waals surface area contributed by atoms with E-state index in [1.54, 1.807) is 0 Å². The first-order valence-corrected chi connectivity index (χ1v) is 8.77. The van der Waals surface area contributed by atoms with Gasteiger partial charge in [-0.25, -0.2) is 0 Å². The topological polar surface area (TPSA) is 57.6 Å². The number of hydrogen-bond donors (Lipinski definition) is 1. The molecule has 2 aromatic rings. The third kappa shape index (κ3) is 3.04. The van der Waals surface area contributed by atoms with Gasteiger partial charge in [0.2, 0.25) is 5.91 Å². The molecule has 1 amide bonds. The van der Waals surface area contributed by atoms with Crippen molar-refractivity contribution < 1.29 is 14.7 Å². The second kappa shape index (κ2) is 6.36. The van der Waals surface area contributed by atoms with E-state index < -0.39 is 5.97 Å². The monoisotopic (exact) mass is 335 g/mol. The fourth-order valence-corrected chi connectivity index (χ4v) is 4.24. The van der Waals surface area contributed by atoms with Crippen molar-refractivity contribution in [2.75, 3.05) is 13.1 Å². The number of amides is 1. The molecule has 25 heavy (non-hydrogen) atoms. The lowest BCUT2D eigenvalue weighted by Gasteiger charge is -2.22. The summed E-state index contributed by atoms with van der Waals surface area (Å²) in [5.74, 6) is -0.338. The highest BCUT2D eigenvalue weighted by atomic mass is 16.4. The van der Waals surface area contributed by atoms with Crippen molar-refractivity contribution in [3.63, 3.8) is 0 Å². The van der Waals surface area contributed by atoms with Crippen LogP contribution in [0.25, 0.3) is 0 Å². The van der Waals surface area contributed by atoms with Crippen molar-refractivity contribution in [1.29, 1.82) is 0 Å². The fourth-order valence-electron chi connectivity index (χ4n) is 4.24. The van der Waals surface area contributed by atoms with Gasteiger partial charge < -0.3 is 10.0 Å². The predicted octanol–water partition coefficient (Wildman–Crippen LogP) is 2.73. The number of nitrogens with zero attached hydrogens (tertiary/aromatic N) is 1. The maximum absolute atomic E-state index is 12.9. The first-order valence-electron chi connectivity index (χ1n) is 8.77. The Morgan fingerprint density at radius 2 is 1.76 bits per heavy atom. The van der Waals surface area contributed by atoms with E-state index in [4.69, 9.17) is 0 Å². The zero-order chi connectivity index (χ0) is 17.4. The summed E-state index contributed by atoms with van der Waals surface area (Å²) in [6.45, 7) is 0.232. The van der Waals surface area contributed by atoms with Gasteiger partial charge >= 0.3 is 5.97 Å². The Hall–Kier alpha value is -2.62.